The van der Waals surface area contributed by atoms with E-state index in [-0.39, 0.29) is 17.3 Å². The third-order valence-corrected chi connectivity index (χ3v) is 6.57. The van der Waals surface area contributed by atoms with Gasteiger partial charge in [0.15, 0.2) is 0 Å². The molecule has 0 aliphatic carbocycles. The SMILES string of the molecule is COc1ccccc1N1CCN(C(=NS(=O)(=O)c2ccccc2)c2ccccc2)CC1.Cl. The minimum Gasteiger partial charge on any atom is -0.495 e. The summed E-state index contributed by atoms with van der Waals surface area (Å²) in [5, 5.41) is 0. The van der Waals surface area contributed by atoms with Gasteiger partial charge in [0.25, 0.3) is 10.0 Å². The van der Waals surface area contributed by atoms with E-state index in [9.17, 15) is 8.42 Å². The van der Waals surface area contributed by atoms with Gasteiger partial charge in [0.1, 0.15) is 11.6 Å². The van der Waals surface area contributed by atoms with Gasteiger partial charge in [-0.15, -0.1) is 16.8 Å². The van der Waals surface area contributed by atoms with E-state index < -0.39 is 10.0 Å². The van der Waals surface area contributed by atoms with Crippen LogP contribution < -0.4 is 9.64 Å². The van der Waals surface area contributed by atoms with Crippen LogP contribution in [-0.2, 0) is 10.0 Å². The minimum absolute atomic E-state index is 0. The lowest BCUT2D eigenvalue weighted by molar-refractivity contribution is 0.379. The van der Waals surface area contributed by atoms with Crippen LogP contribution in [0, 0.1) is 0 Å². The molecule has 8 heteroatoms. The summed E-state index contributed by atoms with van der Waals surface area (Å²) < 4.78 is 35.7. The zero-order valence-corrected chi connectivity index (χ0v) is 19.4. The maximum Gasteiger partial charge on any atom is 0.284 e. The van der Waals surface area contributed by atoms with Crippen molar-refractivity contribution in [2.24, 2.45) is 4.40 Å². The maximum atomic E-state index is 13.0. The monoisotopic (exact) mass is 471 g/mol. The molecule has 1 heterocycles. The van der Waals surface area contributed by atoms with Gasteiger partial charge >= 0.3 is 0 Å². The molecule has 3 aromatic rings. The normalized spacial score (nSPS) is 14.6. The van der Waals surface area contributed by atoms with Crippen molar-refractivity contribution in [3.63, 3.8) is 0 Å². The lowest BCUT2D eigenvalue weighted by Gasteiger charge is -2.38. The average molecular weight is 472 g/mol. The number of ether oxygens (including phenoxy) is 1. The molecule has 3 aromatic carbocycles. The number of amidine groups is 1. The Morgan fingerprint density at radius 2 is 1.38 bits per heavy atom. The van der Waals surface area contributed by atoms with E-state index in [2.05, 4.69) is 9.30 Å². The standard InChI is InChI=1S/C24H25N3O3S.ClH/c1-30-23-15-9-8-14-22(23)26-16-18-27(19-17-26)24(20-10-4-2-5-11-20)25-31(28,29)21-12-6-3-7-13-21;/h2-15H,16-19H2,1H3;1H. The van der Waals surface area contributed by atoms with E-state index in [0.717, 1.165) is 30.1 Å². The number of hydrogen-bond acceptors (Lipinski definition) is 4. The largest absolute Gasteiger partial charge is 0.495 e. The molecule has 0 unspecified atom stereocenters. The molecule has 168 valence electrons. The van der Waals surface area contributed by atoms with E-state index >= 15 is 0 Å². The van der Waals surface area contributed by atoms with Gasteiger partial charge in [0, 0.05) is 31.7 Å². The van der Waals surface area contributed by atoms with Gasteiger partial charge < -0.3 is 14.5 Å². The molecule has 0 radical (unpaired) electrons. The fourth-order valence-corrected chi connectivity index (χ4v) is 4.74. The summed E-state index contributed by atoms with van der Waals surface area (Å²) in [5.74, 6) is 1.31. The zero-order valence-electron chi connectivity index (χ0n) is 17.8. The zero-order chi connectivity index (χ0) is 21.7. The van der Waals surface area contributed by atoms with Gasteiger partial charge in [-0.1, -0.05) is 60.7 Å². The first-order valence-corrected chi connectivity index (χ1v) is 11.6. The van der Waals surface area contributed by atoms with E-state index in [0.29, 0.717) is 18.9 Å². The molecule has 0 bridgehead atoms. The van der Waals surface area contributed by atoms with E-state index in [1.807, 2.05) is 59.5 Å². The van der Waals surface area contributed by atoms with Crippen molar-refractivity contribution in [1.82, 2.24) is 4.90 Å². The van der Waals surface area contributed by atoms with Gasteiger partial charge in [0.2, 0.25) is 0 Å². The van der Waals surface area contributed by atoms with Crippen molar-refractivity contribution in [2.45, 2.75) is 4.90 Å². The summed E-state index contributed by atoms with van der Waals surface area (Å²) >= 11 is 0. The van der Waals surface area contributed by atoms with Crippen molar-refractivity contribution in [3.05, 3.63) is 90.5 Å². The average Bonchev–Trinajstić information content (AvgIpc) is 2.84. The molecular formula is C24H26ClN3O3S. The number of hydrogen-bond donors (Lipinski definition) is 0. The first-order valence-electron chi connectivity index (χ1n) is 10.2. The molecule has 0 amide bonds. The summed E-state index contributed by atoms with van der Waals surface area (Å²) in [4.78, 5) is 4.49. The number of rotatable bonds is 5. The minimum atomic E-state index is -3.82. The second-order valence-corrected chi connectivity index (χ2v) is 8.82. The number of sulfonamides is 1. The molecule has 0 spiro atoms. The van der Waals surface area contributed by atoms with E-state index in [4.69, 9.17) is 4.74 Å². The van der Waals surface area contributed by atoms with Crippen molar-refractivity contribution >= 4 is 34.0 Å². The third-order valence-electron chi connectivity index (χ3n) is 5.28. The van der Waals surface area contributed by atoms with Crippen LogP contribution in [0.4, 0.5) is 5.69 Å². The maximum absolute atomic E-state index is 13.0. The fraction of sp³-hybridized carbons (Fsp3) is 0.208. The van der Waals surface area contributed by atoms with Crippen molar-refractivity contribution < 1.29 is 13.2 Å². The molecular weight excluding hydrogens is 446 g/mol. The number of anilines is 1. The molecule has 0 saturated carbocycles. The van der Waals surface area contributed by atoms with Gasteiger partial charge in [-0.05, 0) is 24.3 Å². The van der Waals surface area contributed by atoms with Crippen LogP contribution in [0.25, 0.3) is 0 Å². The molecule has 4 rings (SSSR count). The smallest absolute Gasteiger partial charge is 0.284 e. The fourth-order valence-electron chi connectivity index (χ4n) is 3.69. The molecule has 1 fully saturated rings. The van der Waals surface area contributed by atoms with Crippen molar-refractivity contribution in [1.29, 1.82) is 0 Å². The highest BCUT2D eigenvalue weighted by atomic mass is 35.5. The molecule has 1 aliphatic heterocycles. The Morgan fingerprint density at radius 1 is 0.812 bits per heavy atom. The second kappa shape index (κ2) is 10.5. The topological polar surface area (TPSA) is 62.2 Å². The molecule has 1 saturated heterocycles. The predicted octanol–water partition coefficient (Wildman–Crippen LogP) is 4.07. The van der Waals surface area contributed by atoms with Gasteiger partial charge in [-0.2, -0.15) is 8.42 Å². The number of benzene rings is 3. The Kier molecular flexibility index (Phi) is 7.77. The molecule has 0 N–H and O–H groups in total. The summed E-state index contributed by atoms with van der Waals surface area (Å²) in [7, 11) is -2.15. The Morgan fingerprint density at radius 3 is 2.00 bits per heavy atom. The highest BCUT2D eigenvalue weighted by molar-refractivity contribution is 7.90. The van der Waals surface area contributed by atoms with Crippen LogP contribution >= 0.6 is 12.4 Å². The van der Waals surface area contributed by atoms with Crippen LogP contribution in [0.3, 0.4) is 0 Å². The number of nitrogens with zero attached hydrogens (tertiary/aromatic N) is 3. The summed E-state index contributed by atoms with van der Waals surface area (Å²) in [6, 6.07) is 25.8. The highest BCUT2D eigenvalue weighted by Crippen LogP contribution is 2.28. The predicted molar refractivity (Wildman–Crippen MR) is 131 cm³/mol. The molecule has 6 nitrogen and oxygen atoms in total. The van der Waals surface area contributed by atoms with Crippen molar-refractivity contribution in [3.8, 4) is 5.75 Å². The van der Waals surface area contributed by atoms with Crippen LogP contribution in [-0.4, -0.2) is 52.4 Å². The molecule has 0 aromatic heterocycles. The Bertz CT molecular complexity index is 1150. The molecule has 1 aliphatic rings. The number of piperazine rings is 1. The lowest BCUT2D eigenvalue weighted by Crippen LogP contribution is -2.49. The third kappa shape index (κ3) is 5.23. The van der Waals surface area contributed by atoms with Gasteiger partial charge in [-0.3, -0.25) is 0 Å². The second-order valence-electron chi connectivity index (χ2n) is 7.21. The van der Waals surface area contributed by atoms with Crippen LogP contribution in [0.15, 0.2) is 94.2 Å². The van der Waals surface area contributed by atoms with Gasteiger partial charge in [0.05, 0.1) is 17.7 Å². The Labute approximate surface area is 195 Å². The van der Waals surface area contributed by atoms with Crippen LogP contribution in [0.1, 0.15) is 5.56 Å². The quantitative estimate of drug-likeness (QED) is 0.414. The molecule has 32 heavy (non-hydrogen) atoms. The lowest BCUT2D eigenvalue weighted by atomic mass is 10.1. The van der Waals surface area contributed by atoms with Crippen LogP contribution in [0.5, 0.6) is 5.75 Å². The van der Waals surface area contributed by atoms with Crippen LogP contribution in [0.2, 0.25) is 0 Å². The Hall–Kier alpha value is -3.03. The molecule has 0 atom stereocenters. The van der Waals surface area contributed by atoms with E-state index in [1.165, 1.54) is 0 Å². The highest BCUT2D eigenvalue weighted by Gasteiger charge is 2.25. The van der Waals surface area contributed by atoms with E-state index in [1.54, 1.807) is 37.4 Å². The Balaban J connectivity index is 0.00000289. The van der Waals surface area contributed by atoms with Crippen molar-refractivity contribution in [2.75, 3.05) is 38.2 Å². The number of methoxy groups -OCH3 is 1. The number of para-hydroxylation sites is 2. The van der Waals surface area contributed by atoms with Gasteiger partial charge in [-0.25, -0.2) is 0 Å². The first kappa shape index (κ1) is 23.6. The summed E-state index contributed by atoms with van der Waals surface area (Å²) in [6.45, 7) is 2.77. The summed E-state index contributed by atoms with van der Waals surface area (Å²) in [6.07, 6.45) is 0. The summed E-state index contributed by atoms with van der Waals surface area (Å²) in [5.41, 5.74) is 1.83. The first-order chi connectivity index (χ1) is 15.1. The number of halogens is 1.